The summed E-state index contributed by atoms with van der Waals surface area (Å²) in [6.07, 6.45) is 1.90. The molecule has 0 fully saturated rings. The molecule has 0 N–H and O–H groups in total. The Hall–Kier alpha value is -2.01. The summed E-state index contributed by atoms with van der Waals surface area (Å²) in [7, 11) is 0. The lowest BCUT2D eigenvalue weighted by molar-refractivity contribution is 0.718. The molecule has 0 unspecified atom stereocenters. The third-order valence-corrected chi connectivity index (χ3v) is 4.68. The summed E-state index contributed by atoms with van der Waals surface area (Å²) in [5.41, 5.74) is 2.78. The quantitative estimate of drug-likeness (QED) is 0.690. The molecule has 5 heteroatoms. The van der Waals surface area contributed by atoms with Crippen LogP contribution in [0.2, 0.25) is 0 Å². The third-order valence-electron chi connectivity index (χ3n) is 3.68. The van der Waals surface area contributed by atoms with Crippen molar-refractivity contribution in [1.82, 2.24) is 14.5 Å². The van der Waals surface area contributed by atoms with E-state index in [9.17, 15) is 4.79 Å². The second-order valence-corrected chi connectivity index (χ2v) is 6.10. The Balaban J connectivity index is 1.94. The summed E-state index contributed by atoms with van der Waals surface area (Å²) in [5, 5.41) is 0.869. The maximum absolute atomic E-state index is 12.4. The fraction of sp³-hybridized carbons (Fsp3) is 0.267. The van der Waals surface area contributed by atoms with Crippen LogP contribution in [0.15, 0.2) is 29.1 Å². The molecule has 1 aliphatic heterocycles. The van der Waals surface area contributed by atoms with E-state index in [4.69, 9.17) is 0 Å². The van der Waals surface area contributed by atoms with E-state index in [2.05, 4.69) is 29.0 Å². The van der Waals surface area contributed by atoms with Crippen molar-refractivity contribution in [2.75, 3.05) is 0 Å². The highest BCUT2D eigenvalue weighted by Crippen LogP contribution is 2.28. The Morgan fingerprint density at radius 3 is 2.80 bits per heavy atom. The summed E-state index contributed by atoms with van der Waals surface area (Å²) in [6, 6.07) is 8.19. The molecule has 100 valence electrons. The first kappa shape index (κ1) is 11.8. The van der Waals surface area contributed by atoms with Crippen molar-refractivity contribution < 1.29 is 0 Å². The minimum absolute atomic E-state index is 0.0112. The second kappa shape index (κ2) is 4.24. The van der Waals surface area contributed by atoms with Crippen molar-refractivity contribution in [3.05, 3.63) is 46.0 Å². The molecule has 0 saturated carbocycles. The topological polar surface area (TPSA) is 47.8 Å². The van der Waals surface area contributed by atoms with Crippen molar-refractivity contribution >= 4 is 21.7 Å². The van der Waals surface area contributed by atoms with Crippen LogP contribution in [0, 0.1) is 6.92 Å². The molecule has 0 spiro atoms. The maximum Gasteiger partial charge on any atom is 0.280 e. The van der Waals surface area contributed by atoms with Gasteiger partial charge in [0.2, 0.25) is 0 Å². The summed E-state index contributed by atoms with van der Waals surface area (Å²) in [5.74, 6) is 0.904. The Morgan fingerprint density at radius 1 is 1.20 bits per heavy atom. The Bertz CT molecular complexity index is 861. The van der Waals surface area contributed by atoms with Gasteiger partial charge in [-0.1, -0.05) is 41.2 Å². The Morgan fingerprint density at radius 2 is 2.00 bits per heavy atom. The van der Waals surface area contributed by atoms with Crippen LogP contribution in [0.5, 0.6) is 0 Å². The number of benzene rings is 1. The fourth-order valence-corrected chi connectivity index (χ4v) is 3.54. The standard InChI is InChI=1S/C15H13N3OS/c1-9-4-6-10(7-5-9)13-17-12-14(20-13)16-11-3-2-8-18(11)15(12)19/h4-7H,2-3,8H2,1H3. The zero-order valence-corrected chi connectivity index (χ0v) is 11.9. The molecule has 0 bridgehead atoms. The van der Waals surface area contributed by atoms with Crippen LogP contribution in [0.1, 0.15) is 17.8 Å². The molecule has 1 aromatic carbocycles. The summed E-state index contributed by atoms with van der Waals surface area (Å²) >= 11 is 1.50. The van der Waals surface area contributed by atoms with E-state index in [1.54, 1.807) is 4.57 Å². The molecule has 3 aromatic rings. The number of hydrogen-bond donors (Lipinski definition) is 0. The number of fused-ring (bicyclic) bond motifs is 2. The van der Waals surface area contributed by atoms with E-state index >= 15 is 0 Å². The molecule has 3 heterocycles. The molecule has 1 aliphatic rings. The first-order chi connectivity index (χ1) is 9.72. The third kappa shape index (κ3) is 1.70. The van der Waals surface area contributed by atoms with Crippen molar-refractivity contribution in [2.45, 2.75) is 26.3 Å². The molecule has 20 heavy (non-hydrogen) atoms. The Labute approximate surface area is 119 Å². The van der Waals surface area contributed by atoms with Crippen LogP contribution in [0.25, 0.3) is 20.9 Å². The van der Waals surface area contributed by atoms with Gasteiger partial charge in [0, 0.05) is 18.5 Å². The largest absolute Gasteiger partial charge is 0.295 e. The average molecular weight is 283 g/mol. The Kier molecular flexibility index (Phi) is 2.50. The maximum atomic E-state index is 12.4. The van der Waals surface area contributed by atoms with Crippen LogP contribution < -0.4 is 5.56 Å². The molecular formula is C15H13N3OS. The number of nitrogens with zero attached hydrogens (tertiary/aromatic N) is 3. The van der Waals surface area contributed by atoms with Gasteiger partial charge in [-0.2, -0.15) is 0 Å². The van der Waals surface area contributed by atoms with E-state index < -0.39 is 0 Å². The number of aromatic nitrogens is 3. The lowest BCUT2D eigenvalue weighted by Gasteiger charge is -1.99. The van der Waals surface area contributed by atoms with Crippen LogP contribution in [-0.2, 0) is 13.0 Å². The fourth-order valence-electron chi connectivity index (χ4n) is 2.59. The summed E-state index contributed by atoms with van der Waals surface area (Å²) in [4.78, 5) is 22.3. The van der Waals surface area contributed by atoms with Crippen molar-refractivity contribution in [1.29, 1.82) is 0 Å². The molecule has 0 atom stereocenters. The molecule has 0 radical (unpaired) electrons. The van der Waals surface area contributed by atoms with Crippen LogP contribution in [0.4, 0.5) is 0 Å². The highest BCUT2D eigenvalue weighted by atomic mass is 32.1. The molecule has 4 nitrogen and oxygen atoms in total. The predicted molar refractivity (Wildman–Crippen MR) is 80.2 cm³/mol. The highest BCUT2D eigenvalue weighted by Gasteiger charge is 2.19. The van der Waals surface area contributed by atoms with Crippen LogP contribution >= 0.6 is 11.3 Å². The first-order valence-electron chi connectivity index (χ1n) is 6.70. The van der Waals surface area contributed by atoms with Gasteiger partial charge in [0.15, 0.2) is 10.3 Å². The number of aryl methyl sites for hydroxylation is 2. The van der Waals surface area contributed by atoms with Crippen LogP contribution in [0.3, 0.4) is 0 Å². The van der Waals surface area contributed by atoms with E-state index in [1.807, 2.05) is 12.1 Å². The predicted octanol–water partition coefficient (Wildman–Crippen LogP) is 2.77. The monoisotopic (exact) mass is 283 g/mol. The molecule has 0 saturated heterocycles. The molecule has 0 amide bonds. The lowest BCUT2D eigenvalue weighted by Crippen LogP contribution is -2.20. The van der Waals surface area contributed by atoms with Gasteiger partial charge in [-0.05, 0) is 13.3 Å². The average Bonchev–Trinajstić information content (AvgIpc) is 3.06. The molecule has 2 aromatic heterocycles. The first-order valence-corrected chi connectivity index (χ1v) is 7.51. The van der Waals surface area contributed by atoms with Crippen molar-refractivity contribution in [3.63, 3.8) is 0 Å². The number of hydrogen-bond acceptors (Lipinski definition) is 4. The smallest absolute Gasteiger partial charge is 0.280 e. The van der Waals surface area contributed by atoms with Gasteiger partial charge in [-0.15, -0.1) is 0 Å². The molecule has 4 rings (SSSR count). The van der Waals surface area contributed by atoms with Crippen LogP contribution in [-0.4, -0.2) is 14.5 Å². The highest BCUT2D eigenvalue weighted by molar-refractivity contribution is 7.21. The van der Waals surface area contributed by atoms with E-state index in [1.165, 1.54) is 16.9 Å². The SMILES string of the molecule is Cc1ccc(-c2nc3c(=O)n4c(nc3s2)CCC4)cc1. The molecule has 0 aliphatic carbocycles. The minimum Gasteiger partial charge on any atom is -0.295 e. The lowest BCUT2D eigenvalue weighted by atomic mass is 10.2. The normalized spacial score (nSPS) is 13.8. The van der Waals surface area contributed by atoms with Gasteiger partial charge in [0.05, 0.1) is 0 Å². The van der Waals surface area contributed by atoms with Crippen molar-refractivity contribution in [2.24, 2.45) is 0 Å². The summed E-state index contributed by atoms with van der Waals surface area (Å²) < 4.78 is 1.76. The van der Waals surface area contributed by atoms with Gasteiger partial charge in [0.1, 0.15) is 10.8 Å². The minimum atomic E-state index is 0.0112. The van der Waals surface area contributed by atoms with Crippen molar-refractivity contribution in [3.8, 4) is 10.6 Å². The van der Waals surface area contributed by atoms with E-state index in [0.717, 1.165) is 40.6 Å². The molecular weight excluding hydrogens is 270 g/mol. The zero-order chi connectivity index (χ0) is 13.7. The van der Waals surface area contributed by atoms with Gasteiger partial charge >= 0.3 is 0 Å². The number of thiazole rings is 1. The summed E-state index contributed by atoms with van der Waals surface area (Å²) in [6.45, 7) is 2.83. The zero-order valence-electron chi connectivity index (χ0n) is 11.1. The van der Waals surface area contributed by atoms with Gasteiger partial charge < -0.3 is 0 Å². The van der Waals surface area contributed by atoms with Gasteiger partial charge in [0.25, 0.3) is 5.56 Å². The second-order valence-electron chi connectivity index (χ2n) is 5.13. The van der Waals surface area contributed by atoms with Gasteiger partial charge in [-0.3, -0.25) is 9.36 Å². The van der Waals surface area contributed by atoms with E-state index in [-0.39, 0.29) is 5.56 Å². The number of rotatable bonds is 1. The van der Waals surface area contributed by atoms with E-state index in [0.29, 0.717) is 5.52 Å². The van der Waals surface area contributed by atoms with Gasteiger partial charge in [-0.25, -0.2) is 9.97 Å².